The monoisotopic (exact) mass is 293 g/mol. The lowest BCUT2D eigenvalue weighted by Gasteiger charge is -2.04. The van der Waals surface area contributed by atoms with E-state index in [4.69, 9.17) is 0 Å². The third-order valence-electron chi connectivity index (χ3n) is 4.25. The van der Waals surface area contributed by atoms with Crippen LogP contribution in [0.4, 0.5) is 0 Å². The summed E-state index contributed by atoms with van der Waals surface area (Å²) in [6.07, 6.45) is 0.0196. The van der Waals surface area contributed by atoms with E-state index < -0.39 is 5.97 Å². The third-order valence-corrected chi connectivity index (χ3v) is 4.25. The van der Waals surface area contributed by atoms with E-state index >= 15 is 0 Å². The Morgan fingerprint density at radius 3 is 2.59 bits per heavy atom. The van der Waals surface area contributed by atoms with Crippen molar-refractivity contribution in [3.63, 3.8) is 0 Å². The molecule has 0 saturated carbocycles. The topological polar surface area (TPSA) is 53.1 Å². The molecule has 0 aliphatic rings. The first-order chi connectivity index (χ1) is 10.5. The molecule has 0 unspecified atom stereocenters. The van der Waals surface area contributed by atoms with Crippen molar-refractivity contribution in [2.45, 2.75) is 27.2 Å². The van der Waals surface area contributed by atoms with Crippen molar-refractivity contribution < 1.29 is 9.90 Å². The maximum absolute atomic E-state index is 11.3. The van der Waals surface area contributed by atoms with Gasteiger partial charge in [-0.05, 0) is 49.1 Å². The van der Waals surface area contributed by atoms with Gasteiger partial charge < -0.3 is 10.1 Å². The Morgan fingerprint density at radius 2 is 1.91 bits per heavy atom. The first-order valence-electron chi connectivity index (χ1n) is 7.37. The van der Waals surface area contributed by atoms with E-state index in [9.17, 15) is 9.90 Å². The highest BCUT2D eigenvalue weighted by atomic mass is 16.4. The molecule has 0 fully saturated rings. The maximum atomic E-state index is 11.3. The Hall–Kier alpha value is -2.55. The molecule has 0 bridgehead atoms. The van der Waals surface area contributed by atoms with Gasteiger partial charge in [0.1, 0.15) is 0 Å². The second-order valence-corrected chi connectivity index (χ2v) is 5.85. The van der Waals surface area contributed by atoms with Gasteiger partial charge in [-0.2, -0.15) is 0 Å². The van der Waals surface area contributed by atoms with Gasteiger partial charge in [-0.3, -0.25) is 4.79 Å². The van der Waals surface area contributed by atoms with E-state index in [1.165, 1.54) is 11.1 Å². The summed E-state index contributed by atoms with van der Waals surface area (Å²) < 4.78 is 0. The van der Waals surface area contributed by atoms with Crippen LogP contribution in [0, 0.1) is 20.8 Å². The summed E-state index contributed by atoms with van der Waals surface area (Å²) in [5, 5.41) is 10.3. The quantitative estimate of drug-likeness (QED) is 0.752. The van der Waals surface area contributed by atoms with Crippen LogP contribution >= 0.6 is 0 Å². The predicted octanol–water partition coefficient (Wildman–Crippen LogP) is 4.39. The summed E-state index contributed by atoms with van der Waals surface area (Å²) >= 11 is 0. The Kier molecular flexibility index (Phi) is 3.49. The standard InChI is InChI=1S/C19H19NO2/c1-11-5-4-6-14(9-11)19-16(10-17(21)22)15-8-7-12(2)13(3)18(15)20-19/h4-9,20H,10H2,1-3H3,(H,21,22). The van der Waals surface area contributed by atoms with E-state index in [0.717, 1.165) is 33.3 Å². The number of aromatic amines is 1. The summed E-state index contributed by atoms with van der Waals surface area (Å²) in [5.41, 5.74) is 7.36. The molecule has 3 nitrogen and oxygen atoms in total. The van der Waals surface area contributed by atoms with E-state index in [-0.39, 0.29) is 6.42 Å². The van der Waals surface area contributed by atoms with Gasteiger partial charge in [-0.15, -0.1) is 0 Å². The minimum atomic E-state index is -0.812. The van der Waals surface area contributed by atoms with Crippen LogP contribution in [0.1, 0.15) is 22.3 Å². The second-order valence-electron chi connectivity index (χ2n) is 5.85. The van der Waals surface area contributed by atoms with Crippen molar-refractivity contribution in [1.82, 2.24) is 4.98 Å². The Morgan fingerprint density at radius 1 is 1.14 bits per heavy atom. The molecule has 22 heavy (non-hydrogen) atoms. The SMILES string of the molecule is Cc1cccc(-c2[nH]c3c(C)c(C)ccc3c2CC(=O)O)c1. The fourth-order valence-electron chi connectivity index (χ4n) is 2.95. The van der Waals surface area contributed by atoms with Crippen molar-refractivity contribution in [2.75, 3.05) is 0 Å². The first-order valence-corrected chi connectivity index (χ1v) is 7.37. The molecular formula is C19H19NO2. The van der Waals surface area contributed by atoms with Crippen molar-refractivity contribution in [3.05, 3.63) is 58.7 Å². The van der Waals surface area contributed by atoms with Crippen LogP contribution in [0.5, 0.6) is 0 Å². The molecule has 0 spiro atoms. The average Bonchev–Trinajstić information content (AvgIpc) is 2.82. The Bertz CT molecular complexity index is 875. The number of benzene rings is 2. The summed E-state index contributed by atoms with van der Waals surface area (Å²) in [4.78, 5) is 14.8. The fourth-order valence-corrected chi connectivity index (χ4v) is 2.95. The van der Waals surface area contributed by atoms with Gasteiger partial charge in [-0.25, -0.2) is 0 Å². The van der Waals surface area contributed by atoms with E-state index in [1.54, 1.807) is 0 Å². The predicted molar refractivity (Wildman–Crippen MR) is 89.3 cm³/mol. The molecule has 0 saturated heterocycles. The van der Waals surface area contributed by atoms with Crippen LogP contribution in [0.25, 0.3) is 22.2 Å². The van der Waals surface area contributed by atoms with Gasteiger partial charge in [0.15, 0.2) is 0 Å². The van der Waals surface area contributed by atoms with E-state index in [0.29, 0.717) is 0 Å². The van der Waals surface area contributed by atoms with Gasteiger partial charge in [-0.1, -0.05) is 35.9 Å². The lowest BCUT2D eigenvalue weighted by molar-refractivity contribution is -0.136. The second kappa shape index (κ2) is 5.34. The summed E-state index contributed by atoms with van der Waals surface area (Å²) in [7, 11) is 0. The average molecular weight is 293 g/mol. The van der Waals surface area contributed by atoms with Crippen LogP contribution in [-0.2, 0) is 11.2 Å². The number of rotatable bonds is 3. The fraction of sp³-hybridized carbons (Fsp3) is 0.211. The molecule has 0 aliphatic heterocycles. The van der Waals surface area contributed by atoms with Crippen molar-refractivity contribution in [1.29, 1.82) is 0 Å². The highest BCUT2D eigenvalue weighted by molar-refractivity contribution is 5.96. The van der Waals surface area contributed by atoms with Crippen molar-refractivity contribution in [2.24, 2.45) is 0 Å². The zero-order valence-electron chi connectivity index (χ0n) is 13.0. The maximum Gasteiger partial charge on any atom is 0.307 e. The number of hydrogen-bond acceptors (Lipinski definition) is 1. The number of carboxylic acids is 1. The van der Waals surface area contributed by atoms with E-state index in [2.05, 4.69) is 31.0 Å². The molecule has 0 atom stereocenters. The molecule has 112 valence electrons. The number of fused-ring (bicyclic) bond motifs is 1. The number of aryl methyl sites for hydroxylation is 3. The lowest BCUT2D eigenvalue weighted by Crippen LogP contribution is -2.01. The number of carbonyl (C=O) groups is 1. The number of carboxylic acid groups (broad SMARTS) is 1. The first kappa shape index (κ1) is 14.4. The largest absolute Gasteiger partial charge is 0.481 e. The number of aliphatic carboxylic acids is 1. The highest BCUT2D eigenvalue weighted by Gasteiger charge is 2.17. The third kappa shape index (κ3) is 2.39. The number of nitrogens with one attached hydrogen (secondary N) is 1. The van der Waals surface area contributed by atoms with Crippen LogP contribution < -0.4 is 0 Å². The minimum Gasteiger partial charge on any atom is -0.481 e. The van der Waals surface area contributed by atoms with Gasteiger partial charge in [0.25, 0.3) is 0 Å². The summed E-state index contributed by atoms with van der Waals surface area (Å²) in [5.74, 6) is -0.812. The van der Waals surface area contributed by atoms with Gasteiger partial charge in [0, 0.05) is 10.9 Å². The molecule has 1 aromatic heterocycles. The molecule has 2 N–H and O–H groups in total. The lowest BCUT2D eigenvalue weighted by atomic mass is 9.99. The Balaban J connectivity index is 2.33. The minimum absolute atomic E-state index is 0.0196. The molecular weight excluding hydrogens is 274 g/mol. The van der Waals surface area contributed by atoms with Crippen LogP contribution in [0.3, 0.4) is 0 Å². The molecule has 1 heterocycles. The van der Waals surface area contributed by atoms with Crippen molar-refractivity contribution in [3.8, 4) is 11.3 Å². The van der Waals surface area contributed by atoms with Crippen LogP contribution in [0.15, 0.2) is 36.4 Å². The zero-order valence-corrected chi connectivity index (χ0v) is 13.0. The molecule has 3 aromatic rings. The molecule has 2 aromatic carbocycles. The van der Waals surface area contributed by atoms with Gasteiger partial charge >= 0.3 is 5.97 Å². The summed E-state index contributed by atoms with van der Waals surface area (Å²) in [6, 6.07) is 12.2. The number of H-pyrrole nitrogens is 1. The van der Waals surface area contributed by atoms with Crippen molar-refractivity contribution >= 4 is 16.9 Å². The Labute approximate surface area is 129 Å². The normalized spacial score (nSPS) is 11.0. The molecule has 3 heteroatoms. The number of aromatic nitrogens is 1. The van der Waals surface area contributed by atoms with E-state index in [1.807, 2.05) is 31.2 Å². The van der Waals surface area contributed by atoms with Crippen LogP contribution in [-0.4, -0.2) is 16.1 Å². The smallest absolute Gasteiger partial charge is 0.307 e. The van der Waals surface area contributed by atoms with Gasteiger partial charge in [0.2, 0.25) is 0 Å². The molecule has 0 aliphatic carbocycles. The number of hydrogen-bond donors (Lipinski definition) is 2. The molecule has 0 radical (unpaired) electrons. The zero-order chi connectivity index (χ0) is 15.9. The molecule has 3 rings (SSSR count). The molecule has 0 amide bonds. The van der Waals surface area contributed by atoms with Gasteiger partial charge in [0.05, 0.1) is 12.1 Å². The summed E-state index contributed by atoms with van der Waals surface area (Å²) in [6.45, 7) is 6.18. The van der Waals surface area contributed by atoms with Crippen LogP contribution in [0.2, 0.25) is 0 Å². The highest BCUT2D eigenvalue weighted by Crippen LogP contribution is 2.33.